The highest BCUT2D eigenvalue weighted by atomic mass is 127. The molecule has 1 fully saturated rings. The molecule has 0 saturated carbocycles. The van der Waals surface area contributed by atoms with Crippen LogP contribution < -0.4 is 14.8 Å². The van der Waals surface area contributed by atoms with Crippen molar-refractivity contribution in [2.75, 3.05) is 33.1 Å². The zero-order chi connectivity index (χ0) is 22.5. The van der Waals surface area contributed by atoms with Crippen molar-refractivity contribution in [3.63, 3.8) is 0 Å². The summed E-state index contributed by atoms with van der Waals surface area (Å²) in [5, 5.41) is 3.28. The van der Waals surface area contributed by atoms with Gasteiger partial charge in [-0.05, 0) is 83.2 Å². The minimum absolute atomic E-state index is 0.0290. The Balaban J connectivity index is 1.68. The maximum Gasteiger partial charge on any atom is 0.251 e. The number of likely N-dealkylation sites (N-methyl/N-ethyl adjacent to an activating group) is 1. The number of nitrogens with one attached hydrogen (secondary N) is 1. The summed E-state index contributed by atoms with van der Waals surface area (Å²) < 4.78 is 11.7. The van der Waals surface area contributed by atoms with E-state index in [0.29, 0.717) is 35.3 Å². The lowest BCUT2D eigenvalue weighted by molar-refractivity contribution is -0.130. The summed E-state index contributed by atoms with van der Waals surface area (Å²) in [5.74, 6) is 0.900. The molecule has 1 aliphatic rings. The Kier molecular flexibility index (Phi) is 7.71. The lowest BCUT2D eigenvalue weighted by Crippen LogP contribution is -2.39. The normalized spacial score (nSPS) is 15.9. The molecule has 164 valence electrons. The van der Waals surface area contributed by atoms with Crippen molar-refractivity contribution in [3.8, 4) is 11.5 Å². The third-order valence-corrected chi connectivity index (χ3v) is 6.35. The van der Waals surface area contributed by atoms with Crippen LogP contribution in [-0.2, 0) is 16.0 Å². The van der Waals surface area contributed by atoms with Crippen LogP contribution in [0.1, 0.15) is 12.0 Å². The molecule has 2 aromatic carbocycles. The van der Waals surface area contributed by atoms with Gasteiger partial charge >= 0.3 is 0 Å². The highest BCUT2D eigenvalue weighted by Crippen LogP contribution is 2.28. The van der Waals surface area contributed by atoms with E-state index in [4.69, 9.17) is 21.7 Å². The largest absolute Gasteiger partial charge is 0.493 e. The molecule has 1 unspecified atom stereocenters. The Labute approximate surface area is 200 Å². The van der Waals surface area contributed by atoms with Gasteiger partial charge in [-0.15, -0.1) is 0 Å². The number of rotatable bonds is 8. The number of hydrogen-bond donors (Lipinski definition) is 1. The van der Waals surface area contributed by atoms with Gasteiger partial charge in [0.15, 0.2) is 16.6 Å². The summed E-state index contributed by atoms with van der Waals surface area (Å²) >= 11 is 7.68. The Morgan fingerprint density at radius 1 is 1.13 bits per heavy atom. The second kappa shape index (κ2) is 10.3. The molecule has 0 aromatic heterocycles. The highest BCUT2D eigenvalue weighted by molar-refractivity contribution is 14.1. The van der Waals surface area contributed by atoms with Crippen molar-refractivity contribution >= 4 is 57.4 Å². The molecule has 0 radical (unpaired) electrons. The number of ether oxygens (including phenoxy) is 2. The fourth-order valence-corrected chi connectivity index (χ4v) is 4.10. The second-order valence-electron chi connectivity index (χ2n) is 7.09. The predicted octanol–water partition coefficient (Wildman–Crippen LogP) is 3.31. The van der Waals surface area contributed by atoms with Gasteiger partial charge in [-0.1, -0.05) is 6.07 Å². The van der Waals surface area contributed by atoms with Crippen LogP contribution in [0.2, 0.25) is 0 Å². The molecule has 0 spiro atoms. The zero-order valence-corrected chi connectivity index (χ0v) is 20.5. The van der Waals surface area contributed by atoms with E-state index in [1.165, 1.54) is 4.90 Å². The maximum absolute atomic E-state index is 12.7. The van der Waals surface area contributed by atoms with E-state index in [-0.39, 0.29) is 18.2 Å². The number of nitrogens with zero attached hydrogens (tertiary/aromatic N) is 2. The standard InChI is InChI=1S/C22H24IN3O4S/c1-25-21(28)17(13-20(27)24-16-7-5-15(23)6-8-16)26(22(25)31)11-10-14-4-9-18(29-2)19(12-14)30-3/h4-9,12,17H,10-11,13H2,1-3H3,(H,24,27). The average molecular weight is 553 g/mol. The molecule has 1 N–H and O–H groups in total. The van der Waals surface area contributed by atoms with E-state index < -0.39 is 6.04 Å². The van der Waals surface area contributed by atoms with Crippen molar-refractivity contribution in [2.45, 2.75) is 18.9 Å². The molecule has 0 aliphatic carbocycles. The van der Waals surface area contributed by atoms with Gasteiger partial charge in [0.2, 0.25) is 5.91 Å². The molecule has 1 atom stereocenters. The summed E-state index contributed by atoms with van der Waals surface area (Å²) in [5.41, 5.74) is 1.72. The van der Waals surface area contributed by atoms with Crippen molar-refractivity contribution in [2.24, 2.45) is 0 Å². The molecule has 1 aliphatic heterocycles. The van der Waals surface area contributed by atoms with Crippen molar-refractivity contribution in [3.05, 3.63) is 51.6 Å². The predicted molar refractivity (Wildman–Crippen MR) is 132 cm³/mol. The van der Waals surface area contributed by atoms with Gasteiger partial charge in [0, 0.05) is 22.8 Å². The summed E-state index contributed by atoms with van der Waals surface area (Å²) in [6.07, 6.45) is 0.665. The summed E-state index contributed by atoms with van der Waals surface area (Å²) in [6, 6.07) is 12.6. The first-order valence-electron chi connectivity index (χ1n) is 9.68. The number of halogens is 1. The van der Waals surface area contributed by atoms with Crippen LogP contribution in [0.5, 0.6) is 11.5 Å². The minimum Gasteiger partial charge on any atom is -0.493 e. The van der Waals surface area contributed by atoms with Gasteiger partial charge in [0.25, 0.3) is 5.91 Å². The number of benzene rings is 2. The summed E-state index contributed by atoms with van der Waals surface area (Å²) in [6.45, 7) is 0.506. The molecule has 0 bridgehead atoms. The van der Waals surface area contributed by atoms with E-state index in [1.54, 1.807) is 21.3 Å². The van der Waals surface area contributed by atoms with Crippen LogP contribution >= 0.6 is 34.8 Å². The van der Waals surface area contributed by atoms with Crippen LogP contribution in [0.4, 0.5) is 5.69 Å². The highest BCUT2D eigenvalue weighted by Gasteiger charge is 2.41. The third-order valence-electron chi connectivity index (χ3n) is 5.12. The summed E-state index contributed by atoms with van der Waals surface area (Å²) in [4.78, 5) is 28.6. The number of carbonyl (C=O) groups excluding carboxylic acids is 2. The molecule has 2 amide bonds. The van der Waals surface area contributed by atoms with Crippen LogP contribution in [0.3, 0.4) is 0 Å². The SMILES string of the molecule is COc1ccc(CCN2C(=S)N(C)C(=O)C2CC(=O)Nc2ccc(I)cc2)cc1OC. The van der Waals surface area contributed by atoms with Gasteiger partial charge in [0.05, 0.1) is 20.6 Å². The van der Waals surface area contributed by atoms with Crippen LogP contribution in [0.15, 0.2) is 42.5 Å². The Morgan fingerprint density at radius 2 is 1.81 bits per heavy atom. The van der Waals surface area contributed by atoms with E-state index >= 15 is 0 Å². The lowest BCUT2D eigenvalue weighted by atomic mass is 10.1. The number of hydrogen-bond acceptors (Lipinski definition) is 5. The van der Waals surface area contributed by atoms with Gasteiger partial charge in [0.1, 0.15) is 6.04 Å². The molecule has 1 heterocycles. The van der Waals surface area contributed by atoms with Gasteiger partial charge in [-0.3, -0.25) is 14.5 Å². The number of methoxy groups -OCH3 is 2. The second-order valence-corrected chi connectivity index (χ2v) is 8.70. The van der Waals surface area contributed by atoms with Gasteiger partial charge in [-0.2, -0.15) is 0 Å². The fourth-order valence-electron chi connectivity index (χ4n) is 3.43. The van der Waals surface area contributed by atoms with E-state index in [1.807, 2.05) is 47.4 Å². The molecule has 1 saturated heterocycles. The molecular weight excluding hydrogens is 529 g/mol. The van der Waals surface area contributed by atoms with E-state index in [9.17, 15) is 9.59 Å². The van der Waals surface area contributed by atoms with Crippen molar-refractivity contribution in [1.29, 1.82) is 0 Å². The van der Waals surface area contributed by atoms with Gasteiger partial charge < -0.3 is 19.7 Å². The number of amides is 2. The smallest absolute Gasteiger partial charge is 0.251 e. The summed E-state index contributed by atoms with van der Waals surface area (Å²) in [7, 11) is 4.83. The quantitative estimate of drug-likeness (QED) is 0.400. The molecular formula is C22H24IN3O4S. The first-order valence-corrected chi connectivity index (χ1v) is 11.2. The Morgan fingerprint density at radius 3 is 2.45 bits per heavy atom. The first kappa shape index (κ1) is 23.3. The monoisotopic (exact) mass is 553 g/mol. The maximum atomic E-state index is 12.7. The zero-order valence-electron chi connectivity index (χ0n) is 17.6. The first-order chi connectivity index (χ1) is 14.8. The number of thiocarbonyl (C=S) groups is 1. The molecule has 3 rings (SSSR count). The molecule has 7 nitrogen and oxygen atoms in total. The van der Waals surface area contributed by atoms with Crippen LogP contribution in [0, 0.1) is 3.57 Å². The van der Waals surface area contributed by atoms with Crippen molar-refractivity contribution in [1.82, 2.24) is 9.80 Å². The van der Waals surface area contributed by atoms with Crippen LogP contribution in [0.25, 0.3) is 0 Å². The lowest BCUT2D eigenvalue weighted by Gasteiger charge is -2.23. The molecule has 2 aromatic rings. The minimum atomic E-state index is -0.624. The van der Waals surface area contributed by atoms with E-state index in [0.717, 1.165) is 9.13 Å². The Bertz CT molecular complexity index is 983. The average Bonchev–Trinajstić information content (AvgIpc) is 2.97. The van der Waals surface area contributed by atoms with Gasteiger partial charge in [-0.25, -0.2) is 0 Å². The number of carbonyl (C=O) groups is 2. The fraction of sp³-hybridized carbons (Fsp3) is 0.318. The van der Waals surface area contributed by atoms with Crippen molar-refractivity contribution < 1.29 is 19.1 Å². The molecule has 31 heavy (non-hydrogen) atoms. The van der Waals surface area contributed by atoms with Crippen LogP contribution in [-0.4, -0.2) is 60.6 Å². The molecule has 9 heteroatoms. The topological polar surface area (TPSA) is 71.1 Å². The Hall–Kier alpha value is -2.40. The third kappa shape index (κ3) is 5.45. The number of anilines is 1. The van der Waals surface area contributed by atoms with E-state index in [2.05, 4.69) is 27.9 Å².